The Hall–Kier alpha value is -3.49. The molecule has 2 saturated heterocycles. The lowest BCUT2D eigenvalue weighted by Gasteiger charge is -2.40. The van der Waals surface area contributed by atoms with Gasteiger partial charge in [0.25, 0.3) is 5.91 Å². The molecule has 1 amide bonds. The molecular formula is C28H30N2O6. The number of fused-ring (bicyclic) bond motifs is 5. The number of ether oxygens (including phenoxy) is 2. The molecule has 8 heteroatoms. The summed E-state index contributed by atoms with van der Waals surface area (Å²) < 4.78 is 10.5. The highest BCUT2D eigenvalue weighted by Crippen LogP contribution is 2.59. The molecular weight excluding hydrogens is 460 g/mol. The molecule has 5 atom stereocenters. The Bertz CT molecular complexity index is 1210. The van der Waals surface area contributed by atoms with Gasteiger partial charge in [-0.25, -0.2) is 4.79 Å². The van der Waals surface area contributed by atoms with Gasteiger partial charge in [-0.2, -0.15) is 5.06 Å². The Balaban J connectivity index is 1.62. The van der Waals surface area contributed by atoms with Crippen LogP contribution in [-0.2, 0) is 40.8 Å². The predicted octanol–water partition coefficient (Wildman–Crippen LogP) is 3.42. The second-order valence-corrected chi connectivity index (χ2v) is 9.28. The summed E-state index contributed by atoms with van der Waals surface area (Å²) in [4.78, 5) is 47.8. The van der Waals surface area contributed by atoms with Crippen LogP contribution in [0.3, 0.4) is 0 Å². The Morgan fingerprint density at radius 2 is 1.86 bits per heavy atom. The van der Waals surface area contributed by atoms with Crippen molar-refractivity contribution >= 4 is 23.5 Å². The molecule has 0 saturated carbocycles. The molecule has 3 aliphatic rings. The number of rotatable bonds is 7. The van der Waals surface area contributed by atoms with E-state index in [1.165, 1.54) is 6.08 Å². The third kappa shape index (κ3) is 3.72. The van der Waals surface area contributed by atoms with Crippen LogP contribution in [0.1, 0.15) is 37.0 Å². The number of benzene rings is 2. The molecule has 2 aromatic carbocycles. The summed E-state index contributed by atoms with van der Waals surface area (Å²) in [5.74, 6) is -1.99. The Morgan fingerprint density at radius 1 is 1.11 bits per heavy atom. The van der Waals surface area contributed by atoms with E-state index in [1.807, 2.05) is 55.5 Å². The minimum Gasteiger partial charge on any atom is -0.466 e. The number of nitrogens with zero attached hydrogens (tertiary/aromatic N) is 2. The number of hydroxylamine groups is 2. The first-order valence-electron chi connectivity index (χ1n) is 12.4. The van der Waals surface area contributed by atoms with Gasteiger partial charge in [0.05, 0.1) is 31.9 Å². The maximum Gasteiger partial charge on any atom is 0.330 e. The van der Waals surface area contributed by atoms with E-state index >= 15 is 0 Å². The lowest BCUT2D eigenvalue weighted by molar-refractivity contribution is -0.175. The summed E-state index contributed by atoms with van der Waals surface area (Å²) >= 11 is 0. The summed E-state index contributed by atoms with van der Waals surface area (Å²) in [6.45, 7) is 6.28. The third-order valence-corrected chi connectivity index (χ3v) is 7.08. The number of hydrogen-bond acceptors (Lipinski definition) is 7. The normalized spacial score (nSPS) is 28.2. The molecule has 0 aliphatic carbocycles. The number of amides is 1. The summed E-state index contributed by atoms with van der Waals surface area (Å²) in [6, 6.07) is 15.2. The van der Waals surface area contributed by atoms with Crippen molar-refractivity contribution < 1.29 is 28.7 Å². The van der Waals surface area contributed by atoms with Crippen molar-refractivity contribution in [1.29, 1.82) is 0 Å². The van der Waals surface area contributed by atoms with E-state index in [0.29, 0.717) is 13.0 Å². The zero-order valence-corrected chi connectivity index (χ0v) is 20.7. The largest absolute Gasteiger partial charge is 0.466 e. The minimum atomic E-state index is -1.39. The first kappa shape index (κ1) is 24.2. The molecule has 2 bridgehead atoms. The lowest BCUT2D eigenvalue weighted by atomic mass is 9.71. The van der Waals surface area contributed by atoms with E-state index in [2.05, 4.69) is 0 Å². The molecule has 1 unspecified atom stereocenters. The highest BCUT2D eigenvalue weighted by atomic mass is 16.7. The van der Waals surface area contributed by atoms with Gasteiger partial charge in [-0.3, -0.25) is 14.4 Å². The highest BCUT2D eigenvalue weighted by Gasteiger charge is 2.73. The molecule has 3 aliphatic heterocycles. The quantitative estimate of drug-likeness (QED) is 0.434. The molecule has 2 aromatic rings. The van der Waals surface area contributed by atoms with Crippen LogP contribution in [0.5, 0.6) is 0 Å². The van der Waals surface area contributed by atoms with Gasteiger partial charge >= 0.3 is 11.9 Å². The van der Waals surface area contributed by atoms with Crippen molar-refractivity contribution in [2.24, 2.45) is 5.92 Å². The van der Waals surface area contributed by atoms with Gasteiger partial charge < -0.3 is 14.4 Å². The number of carbonyl (C=O) groups is 3. The van der Waals surface area contributed by atoms with Crippen LogP contribution in [0, 0.1) is 12.8 Å². The first-order chi connectivity index (χ1) is 17.4. The van der Waals surface area contributed by atoms with Gasteiger partial charge in [-0.05, 0) is 38.8 Å². The average Bonchev–Trinajstić information content (AvgIpc) is 3.50. The van der Waals surface area contributed by atoms with E-state index in [9.17, 15) is 14.4 Å². The van der Waals surface area contributed by atoms with Gasteiger partial charge in [0.15, 0.2) is 5.54 Å². The molecule has 0 N–H and O–H groups in total. The van der Waals surface area contributed by atoms with Crippen LogP contribution in [-0.4, -0.2) is 48.3 Å². The summed E-state index contributed by atoms with van der Waals surface area (Å²) in [7, 11) is 0. The molecule has 5 rings (SSSR count). The second-order valence-electron chi connectivity index (χ2n) is 9.28. The van der Waals surface area contributed by atoms with E-state index in [1.54, 1.807) is 29.9 Å². The highest BCUT2D eigenvalue weighted by molar-refractivity contribution is 6.10. The van der Waals surface area contributed by atoms with Crippen LogP contribution >= 0.6 is 0 Å². The van der Waals surface area contributed by atoms with Gasteiger partial charge in [0.1, 0.15) is 5.92 Å². The number of esters is 2. The van der Waals surface area contributed by atoms with Crippen LogP contribution in [0.15, 0.2) is 60.7 Å². The lowest BCUT2D eigenvalue weighted by Crippen LogP contribution is -2.59. The number of carbonyl (C=O) groups excluding carboxylic acids is 3. The second kappa shape index (κ2) is 9.52. The fourth-order valence-electron chi connectivity index (χ4n) is 5.70. The molecule has 3 heterocycles. The molecule has 36 heavy (non-hydrogen) atoms. The zero-order chi connectivity index (χ0) is 25.4. The van der Waals surface area contributed by atoms with E-state index in [4.69, 9.17) is 14.3 Å². The molecule has 188 valence electrons. The summed E-state index contributed by atoms with van der Waals surface area (Å²) in [6.07, 6.45) is 2.96. The van der Waals surface area contributed by atoms with E-state index in [-0.39, 0.29) is 25.2 Å². The average molecular weight is 491 g/mol. The first-order valence-corrected chi connectivity index (χ1v) is 12.4. The maximum atomic E-state index is 14.5. The fraction of sp³-hybridized carbons (Fsp3) is 0.393. The Morgan fingerprint density at radius 3 is 2.58 bits per heavy atom. The van der Waals surface area contributed by atoms with Crippen molar-refractivity contribution in [3.8, 4) is 0 Å². The predicted molar refractivity (Wildman–Crippen MR) is 132 cm³/mol. The van der Waals surface area contributed by atoms with Crippen molar-refractivity contribution in [3.63, 3.8) is 0 Å². The number of anilines is 1. The SMILES string of the molecule is CCOC(=O)/C=C/[C@@H]1C[C@@H]2ON1[C@]1(C(=O)N(Cc3ccccc3)c3ccc(C)cc31)[C@H]2C(=O)OCC. The van der Waals surface area contributed by atoms with E-state index in [0.717, 1.165) is 22.4 Å². The Kier molecular flexibility index (Phi) is 6.40. The van der Waals surface area contributed by atoms with Crippen LogP contribution in [0.25, 0.3) is 0 Å². The van der Waals surface area contributed by atoms with E-state index < -0.39 is 29.5 Å². The number of piperidine rings is 1. The van der Waals surface area contributed by atoms with Crippen molar-refractivity contribution in [3.05, 3.63) is 77.4 Å². The van der Waals surface area contributed by atoms with Gasteiger partial charge in [-0.15, -0.1) is 0 Å². The number of aryl methyl sites for hydroxylation is 1. The van der Waals surface area contributed by atoms with Crippen LogP contribution in [0.2, 0.25) is 0 Å². The topological polar surface area (TPSA) is 85.4 Å². The molecule has 1 spiro atoms. The summed E-state index contributed by atoms with van der Waals surface area (Å²) in [5.41, 5.74) is 2.01. The van der Waals surface area contributed by atoms with Crippen molar-refractivity contribution in [2.75, 3.05) is 18.1 Å². The fourth-order valence-corrected chi connectivity index (χ4v) is 5.70. The monoisotopic (exact) mass is 490 g/mol. The molecule has 0 radical (unpaired) electrons. The summed E-state index contributed by atoms with van der Waals surface area (Å²) in [5, 5.41) is 1.63. The standard InChI is InChI=1S/C28H30N2O6/c1-4-34-24(31)14-12-20-16-23-25(26(32)35-5-2)28(30(20)36-23)21-15-18(3)11-13-22(21)29(27(28)33)17-19-9-7-6-8-10-19/h6-15,20,23,25H,4-5,16-17H2,1-3H3/b14-12+/t20-,23+,25-,28+/m1/s1. The Labute approximate surface area is 210 Å². The van der Waals surface area contributed by atoms with Crippen molar-refractivity contribution in [1.82, 2.24) is 5.06 Å². The van der Waals surface area contributed by atoms with Gasteiger partial charge in [-0.1, -0.05) is 54.1 Å². The third-order valence-electron chi connectivity index (χ3n) is 7.08. The minimum absolute atomic E-state index is 0.201. The molecule has 2 fully saturated rings. The number of hydrogen-bond donors (Lipinski definition) is 0. The smallest absolute Gasteiger partial charge is 0.330 e. The van der Waals surface area contributed by atoms with Crippen molar-refractivity contribution in [2.45, 2.75) is 51.4 Å². The van der Waals surface area contributed by atoms with Gasteiger partial charge in [0, 0.05) is 17.3 Å². The van der Waals surface area contributed by atoms with Crippen LogP contribution in [0.4, 0.5) is 5.69 Å². The molecule has 8 nitrogen and oxygen atoms in total. The van der Waals surface area contributed by atoms with Crippen LogP contribution < -0.4 is 4.90 Å². The van der Waals surface area contributed by atoms with Gasteiger partial charge in [0.2, 0.25) is 0 Å². The molecule has 0 aromatic heterocycles. The maximum absolute atomic E-state index is 14.5. The zero-order valence-electron chi connectivity index (χ0n) is 20.7.